The molecule has 1 saturated carbocycles. The van der Waals surface area contributed by atoms with Crippen LogP contribution in [-0.2, 0) is 4.79 Å². The molecule has 0 heterocycles. The van der Waals surface area contributed by atoms with Crippen LogP contribution in [0.4, 0.5) is 0 Å². The standard InChI is InChI=1S/C11H17NO/c1-9(8-12)11(10(2)13)6-4-3-5-7-11/h9H,3-7H2,1-2H3. The van der Waals surface area contributed by atoms with E-state index < -0.39 is 0 Å². The zero-order chi connectivity index (χ0) is 9.90. The van der Waals surface area contributed by atoms with Crippen LogP contribution in [0.5, 0.6) is 0 Å². The summed E-state index contributed by atoms with van der Waals surface area (Å²) in [5.74, 6) is 0.0894. The first-order valence-corrected chi connectivity index (χ1v) is 5.04. The second-order valence-corrected chi connectivity index (χ2v) is 4.12. The first kappa shape index (κ1) is 10.2. The fourth-order valence-corrected chi connectivity index (χ4v) is 2.40. The van der Waals surface area contributed by atoms with Crippen molar-refractivity contribution in [1.82, 2.24) is 0 Å². The monoisotopic (exact) mass is 179 g/mol. The normalized spacial score (nSPS) is 23.2. The van der Waals surface area contributed by atoms with E-state index in [2.05, 4.69) is 6.07 Å². The highest BCUT2D eigenvalue weighted by molar-refractivity contribution is 5.83. The lowest BCUT2D eigenvalue weighted by atomic mass is 9.64. The fourth-order valence-electron chi connectivity index (χ4n) is 2.40. The molecule has 0 aliphatic heterocycles. The van der Waals surface area contributed by atoms with Gasteiger partial charge in [-0.1, -0.05) is 19.3 Å². The molecule has 72 valence electrons. The maximum atomic E-state index is 11.6. The lowest BCUT2D eigenvalue weighted by Gasteiger charge is -2.36. The van der Waals surface area contributed by atoms with E-state index in [1.165, 1.54) is 6.42 Å². The molecule has 2 heteroatoms. The Hall–Kier alpha value is -0.840. The number of nitriles is 1. The highest BCUT2D eigenvalue weighted by Gasteiger charge is 2.41. The third kappa shape index (κ3) is 1.75. The van der Waals surface area contributed by atoms with Crippen molar-refractivity contribution in [3.05, 3.63) is 0 Å². The molecule has 1 aliphatic rings. The van der Waals surface area contributed by atoms with Crippen molar-refractivity contribution in [3.8, 4) is 6.07 Å². The van der Waals surface area contributed by atoms with Crippen LogP contribution in [0.15, 0.2) is 0 Å². The number of rotatable bonds is 2. The van der Waals surface area contributed by atoms with Crippen molar-refractivity contribution in [2.75, 3.05) is 0 Å². The molecule has 0 aromatic carbocycles. The summed E-state index contributed by atoms with van der Waals surface area (Å²) >= 11 is 0. The topological polar surface area (TPSA) is 40.9 Å². The molecule has 1 atom stereocenters. The lowest BCUT2D eigenvalue weighted by molar-refractivity contribution is -0.130. The molecule has 0 N–H and O–H groups in total. The number of hydrogen-bond acceptors (Lipinski definition) is 2. The van der Waals surface area contributed by atoms with Crippen LogP contribution in [0.3, 0.4) is 0 Å². The van der Waals surface area contributed by atoms with E-state index in [0.29, 0.717) is 0 Å². The number of nitrogens with zero attached hydrogens (tertiary/aromatic N) is 1. The van der Waals surface area contributed by atoms with Crippen LogP contribution in [-0.4, -0.2) is 5.78 Å². The molecule has 0 aromatic heterocycles. The van der Waals surface area contributed by atoms with Gasteiger partial charge in [-0.2, -0.15) is 5.26 Å². The van der Waals surface area contributed by atoms with Crippen LogP contribution in [0, 0.1) is 22.7 Å². The van der Waals surface area contributed by atoms with Gasteiger partial charge in [0, 0.05) is 5.41 Å². The summed E-state index contributed by atoms with van der Waals surface area (Å²) in [5.41, 5.74) is -0.312. The van der Waals surface area contributed by atoms with Crippen LogP contribution >= 0.6 is 0 Å². The Morgan fingerprint density at radius 2 is 1.92 bits per heavy atom. The van der Waals surface area contributed by atoms with Crippen molar-refractivity contribution in [2.45, 2.75) is 46.0 Å². The Kier molecular flexibility index (Phi) is 3.08. The van der Waals surface area contributed by atoms with Crippen molar-refractivity contribution >= 4 is 5.78 Å². The van der Waals surface area contributed by atoms with Crippen molar-refractivity contribution in [3.63, 3.8) is 0 Å². The first-order valence-electron chi connectivity index (χ1n) is 5.04. The van der Waals surface area contributed by atoms with Gasteiger partial charge >= 0.3 is 0 Å². The van der Waals surface area contributed by atoms with Gasteiger partial charge in [0.15, 0.2) is 0 Å². The average molecular weight is 179 g/mol. The summed E-state index contributed by atoms with van der Waals surface area (Å²) in [7, 11) is 0. The predicted molar refractivity (Wildman–Crippen MR) is 51.0 cm³/mol. The average Bonchev–Trinajstić information content (AvgIpc) is 2.17. The molecule has 1 rings (SSSR count). The summed E-state index contributed by atoms with van der Waals surface area (Å²) < 4.78 is 0. The Morgan fingerprint density at radius 1 is 1.38 bits per heavy atom. The molecule has 2 nitrogen and oxygen atoms in total. The van der Waals surface area contributed by atoms with E-state index in [4.69, 9.17) is 5.26 Å². The molecule has 0 saturated heterocycles. The molecule has 0 aromatic rings. The largest absolute Gasteiger partial charge is 0.299 e. The van der Waals surface area contributed by atoms with E-state index in [9.17, 15) is 4.79 Å². The summed E-state index contributed by atoms with van der Waals surface area (Å²) in [4.78, 5) is 11.6. The van der Waals surface area contributed by atoms with E-state index in [0.717, 1.165) is 25.7 Å². The van der Waals surface area contributed by atoms with Gasteiger partial charge in [-0.15, -0.1) is 0 Å². The molecular weight excluding hydrogens is 162 g/mol. The quantitative estimate of drug-likeness (QED) is 0.654. The van der Waals surface area contributed by atoms with Crippen LogP contribution in [0.1, 0.15) is 46.0 Å². The lowest BCUT2D eigenvalue weighted by Crippen LogP contribution is -2.37. The Bertz CT molecular complexity index is 233. The van der Waals surface area contributed by atoms with Gasteiger partial charge in [-0.3, -0.25) is 4.79 Å². The van der Waals surface area contributed by atoms with Crippen molar-refractivity contribution in [1.29, 1.82) is 5.26 Å². The van der Waals surface area contributed by atoms with Crippen molar-refractivity contribution < 1.29 is 4.79 Å². The molecule has 0 spiro atoms. The summed E-state index contributed by atoms with van der Waals surface area (Å²) in [5, 5.41) is 8.90. The minimum atomic E-state index is -0.312. The molecule has 1 unspecified atom stereocenters. The van der Waals surface area contributed by atoms with Gasteiger partial charge in [0.25, 0.3) is 0 Å². The number of hydrogen-bond donors (Lipinski definition) is 0. The molecular formula is C11H17NO. The van der Waals surface area contributed by atoms with Gasteiger partial charge < -0.3 is 0 Å². The highest BCUT2D eigenvalue weighted by Crippen LogP contribution is 2.43. The summed E-state index contributed by atoms with van der Waals surface area (Å²) in [6.45, 7) is 3.52. The molecule has 13 heavy (non-hydrogen) atoms. The van der Waals surface area contributed by atoms with Gasteiger partial charge in [-0.05, 0) is 26.7 Å². The van der Waals surface area contributed by atoms with Gasteiger partial charge in [0.05, 0.1) is 12.0 Å². The molecule has 0 amide bonds. The maximum absolute atomic E-state index is 11.6. The third-order valence-corrected chi connectivity index (χ3v) is 3.47. The maximum Gasteiger partial charge on any atom is 0.137 e. The van der Waals surface area contributed by atoms with E-state index >= 15 is 0 Å². The first-order chi connectivity index (χ1) is 6.13. The highest BCUT2D eigenvalue weighted by atomic mass is 16.1. The molecule has 1 fully saturated rings. The van der Waals surface area contributed by atoms with Gasteiger partial charge in [-0.25, -0.2) is 0 Å². The van der Waals surface area contributed by atoms with E-state index in [1.807, 2.05) is 6.92 Å². The van der Waals surface area contributed by atoms with Crippen LogP contribution in [0.2, 0.25) is 0 Å². The van der Waals surface area contributed by atoms with Crippen LogP contribution < -0.4 is 0 Å². The Balaban J connectivity index is 2.86. The minimum Gasteiger partial charge on any atom is -0.299 e. The summed E-state index contributed by atoms with van der Waals surface area (Å²) in [6, 6.07) is 2.24. The number of ketones is 1. The zero-order valence-electron chi connectivity index (χ0n) is 8.47. The second-order valence-electron chi connectivity index (χ2n) is 4.12. The van der Waals surface area contributed by atoms with E-state index in [1.54, 1.807) is 6.92 Å². The Morgan fingerprint density at radius 3 is 2.31 bits per heavy atom. The third-order valence-electron chi connectivity index (χ3n) is 3.47. The smallest absolute Gasteiger partial charge is 0.137 e. The zero-order valence-corrected chi connectivity index (χ0v) is 8.47. The van der Waals surface area contributed by atoms with E-state index in [-0.39, 0.29) is 17.1 Å². The number of Topliss-reactive ketones (excluding diaryl/α,β-unsaturated/α-hetero) is 1. The summed E-state index contributed by atoms with van der Waals surface area (Å²) in [6.07, 6.45) is 5.25. The fraction of sp³-hybridized carbons (Fsp3) is 0.818. The minimum absolute atomic E-state index is 0.120. The number of carbonyl (C=O) groups is 1. The molecule has 1 aliphatic carbocycles. The van der Waals surface area contributed by atoms with Crippen LogP contribution in [0.25, 0.3) is 0 Å². The van der Waals surface area contributed by atoms with Gasteiger partial charge in [0.1, 0.15) is 5.78 Å². The van der Waals surface area contributed by atoms with Crippen molar-refractivity contribution in [2.24, 2.45) is 11.3 Å². The number of carbonyl (C=O) groups excluding carboxylic acids is 1. The molecule has 0 bridgehead atoms. The SMILES string of the molecule is CC(=O)C1(C(C)C#N)CCCCC1. The Labute approximate surface area is 79.9 Å². The molecule has 0 radical (unpaired) electrons. The second kappa shape index (κ2) is 3.91. The predicted octanol–water partition coefficient (Wildman–Crippen LogP) is 2.69. The van der Waals surface area contributed by atoms with Gasteiger partial charge in [0.2, 0.25) is 0 Å².